The van der Waals surface area contributed by atoms with E-state index in [1.165, 1.54) is 24.3 Å². The maximum atomic E-state index is 13.4. The van der Waals surface area contributed by atoms with Gasteiger partial charge < -0.3 is 48.3 Å². The first-order valence-electron chi connectivity index (χ1n) is 16.7. The zero-order valence-electron chi connectivity index (χ0n) is 30.1. The summed E-state index contributed by atoms with van der Waals surface area (Å²) in [6.07, 6.45) is 0.0158. The highest BCUT2D eigenvalue weighted by atomic mass is 16.6. The van der Waals surface area contributed by atoms with Crippen molar-refractivity contribution in [3.63, 3.8) is 0 Å². The maximum absolute atomic E-state index is 13.4. The lowest BCUT2D eigenvalue weighted by Crippen LogP contribution is -2.56. The Kier molecular flexibility index (Phi) is 20.0. The van der Waals surface area contributed by atoms with E-state index in [4.69, 9.17) is 21.4 Å². The molecule has 2 aromatic rings. The summed E-state index contributed by atoms with van der Waals surface area (Å²) in [5, 5.41) is 40.2. The smallest absolute Gasteiger partial charge is 0.303 e. The topological polar surface area (TPSA) is 328 Å². The molecular formula is C34H47N9O11. The summed E-state index contributed by atoms with van der Waals surface area (Å²) < 4.78 is 0. The van der Waals surface area contributed by atoms with Crippen LogP contribution in [0.1, 0.15) is 63.2 Å². The highest BCUT2D eigenvalue weighted by molar-refractivity contribution is 5.99. The number of carbonyl (C=O) groups is 7. The predicted molar refractivity (Wildman–Crippen MR) is 196 cm³/mol. The fraction of sp³-hybridized carbons (Fsp3) is 0.412. The summed E-state index contributed by atoms with van der Waals surface area (Å²) in [4.78, 5) is 99.8. The maximum Gasteiger partial charge on any atom is 0.303 e. The predicted octanol–water partition coefficient (Wildman–Crippen LogP) is 0.473. The zero-order valence-corrected chi connectivity index (χ0v) is 30.1. The van der Waals surface area contributed by atoms with Crippen molar-refractivity contribution >= 4 is 58.8 Å². The molecule has 0 radical (unpaired) electrons. The number of hydrogen-bond acceptors (Lipinski definition) is 10. The summed E-state index contributed by atoms with van der Waals surface area (Å²) in [6.45, 7) is 4.13. The Balaban J connectivity index is 0.00000346. The third-order valence-corrected chi connectivity index (χ3v) is 7.46. The van der Waals surface area contributed by atoms with Gasteiger partial charge in [0.1, 0.15) is 18.1 Å². The van der Waals surface area contributed by atoms with Gasteiger partial charge in [-0.05, 0) is 49.4 Å². The zero-order chi connectivity index (χ0) is 40.8. The van der Waals surface area contributed by atoms with Crippen LogP contribution >= 0.6 is 0 Å². The van der Waals surface area contributed by atoms with Crippen molar-refractivity contribution in [3.05, 3.63) is 70.3 Å². The largest absolute Gasteiger partial charge is 0.481 e. The number of carbonyl (C=O) groups excluding carboxylic acids is 5. The van der Waals surface area contributed by atoms with Crippen molar-refractivity contribution in [3.8, 4) is 0 Å². The summed E-state index contributed by atoms with van der Waals surface area (Å²) in [7, 11) is 0. The van der Waals surface area contributed by atoms with Crippen molar-refractivity contribution in [2.24, 2.45) is 22.4 Å². The number of non-ortho nitro benzene ring substituents is 1. The number of nitrogens with one attached hydrogen (secondary N) is 5. The van der Waals surface area contributed by atoms with E-state index in [-0.39, 0.29) is 49.1 Å². The molecule has 0 aliphatic carbocycles. The number of benzene rings is 2. The van der Waals surface area contributed by atoms with Crippen molar-refractivity contribution in [1.29, 1.82) is 0 Å². The normalized spacial score (nSPS) is 12.4. The Morgan fingerprint density at radius 1 is 0.852 bits per heavy atom. The fourth-order valence-corrected chi connectivity index (χ4v) is 4.52. The van der Waals surface area contributed by atoms with E-state index in [1.54, 1.807) is 37.3 Å². The highest BCUT2D eigenvalue weighted by Crippen LogP contribution is 2.16. The lowest BCUT2D eigenvalue weighted by molar-refractivity contribution is -0.384. The number of aliphatic carboxylic acids is 2. The number of nitrogens with zero attached hydrogens (tertiary/aromatic N) is 2. The van der Waals surface area contributed by atoms with Crippen LogP contribution in [0.2, 0.25) is 0 Å². The van der Waals surface area contributed by atoms with Gasteiger partial charge in [-0.2, -0.15) is 0 Å². The van der Waals surface area contributed by atoms with Crippen LogP contribution in [-0.4, -0.2) is 93.8 Å². The Bertz CT molecular complexity index is 1630. The van der Waals surface area contributed by atoms with Crippen molar-refractivity contribution < 1.29 is 48.7 Å². The second kappa shape index (κ2) is 23.8. The SMILES string of the molecule is CC(=O)O.CC[C@H](C)[C@H](NC(=O)c1ccccc1)C(=O)N[C@@H](CCC(=O)O)C(=O)NCC(=O)N[C@@H](CCCN=C(N)N)C(=O)Nc1ccc([N+](=O)[O-])cc1. The van der Waals surface area contributed by atoms with E-state index in [1.807, 2.05) is 6.92 Å². The molecule has 0 aliphatic heterocycles. The number of carboxylic acid groups (broad SMARTS) is 2. The fourth-order valence-electron chi connectivity index (χ4n) is 4.52. The molecule has 294 valence electrons. The number of nitro benzene ring substituents is 1. The molecule has 0 saturated heterocycles. The Labute approximate surface area is 310 Å². The van der Waals surface area contributed by atoms with Crippen molar-refractivity contribution in [2.75, 3.05) is 18.4 Å². The van der Waals surface area contributed by atoms with Gasteiger partial charge in [-0.1, -0.05) is 38.5 Å². The van der Waals surface area contributed by atoms with Gasteiger partial charge in [0.2, 0.25) is 23.6 Å². The molecule has 0 unspecified atom stereocenters. The van der Waals surface area contributed by atoms with Crippen LogP contribution in [0.5, 0.6) is 0 Å². The molecule has 2 rings (SSSR count). The summed E-state index contributed by atoms with van der Waals surface area (Å²) in [6, 6.07) is 9.63. The number of anilines is 1. The van der Waals surface area contributed by atoms with Gasteiger partial charge in [0.05, 0.1) is 11.5 Å². The number of carboxylic acids is 2. The first-order chi connectivity index (χ1) is 25.4. The Morgan fingerprint density at radius 2 is 1.44 bits per heavy atom. The average molecular weight is 758 g/mol. The van der Waals surface area contributed by atoms with Gasteiger partial charge in [0, 0.05) is 43.3 Å². The first-order valence-corrected chi connectivity index (χ1v) is 16.7. The molecule has 0 fully saturated rings. The molecule has 5 amide bonds. The number of guanidine groups is 1. The lowest BCUT2D eigenvalue weighted by Gasteiger charge is -2.26. The van der Waals surface area contributed by atoms with Gasteiger partial charge in [0.25, 0.3) is 17.6 Å². The van der Waals surface area contributed by atoms with Gasteiger partial charge in [-0.25, -0.2) is 0 Å². The Hall–Kier alpha value is -6.60. The molecule has 11 N–H and O–H groups in total. The van der Waals surface area contributed by atoms with Crippen LogP contribution in [0.25, 0.3) is 0 Å². The quantitative estimate of drug-likeness (QED) is 0.0292. The lowest BCUT2D eigenvalue weighted by atomic mass is 9.97. The number of rotatable bonds is 20. The molecule has 0 bridgehead atoms. The first kappa shape index (κ1) is 45.4. The summed E-state index contributed by atoms with van der Waals surface area (Å²) in [5.41, 5.74) is 11.0. The summed E-state index contributed by atoms with van der Waals surface area (Å²) in [5.74, 6) is -6.15. The number of aliphatic imine (C=N–C) groups is 1. The average Bonchev–Trinajstić information content (AvgIpc) is 3.12. The molecule has 20 nitrogen and oxygen atoms in total. The molecule has 2 aromatic carbocycles. The highest BCUT2D eigenvalue weighted by Gasteiger charge is 2.31. The molecule has 0 heterocycles. The van der Waals surface area contributed by atoms with Crippen molar-refractivity contribution in [1.82, 2.24) is 21.3 Å². The van der Waals surface area contributed by atoms with E-state index in [0.29, 0.717) is 12.0 Å². The number of hydrogen-bond donors (Lipinski definition) is 9. The standard InChI is InChI=1S/C32H43N9O9.C2H4O2/c1-3-19(2)27(40-28(45)20-8-5-4-6-9-20)31(48)39-24(15-16-26(43)44)29(46)36-18-25(42)38-23(10-7-17-35-32(33)34)30(47)37-21-11-13-22(14-12-21)41(49)50;1-2(3)4/h4-6,8-9,11-14,19,23-24,27H,3,7,10,15-18H2,1-2H3,(H,36,46)(H,37,47)(H,38,42)(H,39,48)(H,40,45)(H,43,44)(H4,33,34,35);1H3,(H,3,4)/t19-,23-,24-,27-;/m0./s1. The third kappa shape index (κ3) is 18.1. The molecule has 4 atom stereocenters. The van der Waals surface area contributed by atoms with E-state index < -0.39 is 77.5 Å². The molecule has 0 aromatic heterocycles. The van der Waals surface area contributed by atoms with E-state index in [9.17, 15) is 44.0 Å². The van der Waals surface area contributed by atoms with Crippen LogP contribution < -0.4 is 38.1 Å². The van der Waals surface area contributed by atoms with Gasteiger partial charge in [0.15, 0.2) is 5.96 Å². The van der Waals surface area contributed by atoms with Crippen LogP contribution in [0.3, 0.4) is 0 Å². The van der Waals surface area contributed by atoms with Gasteiger partial charge in [-0.15, -0.1) is 0 Å². The second-order valence-electron chi connectivity index (χ2n) is 11.8. The number of nitro groups is 1. The molecule has 0 saturated carbocycles. The van der Waals surface area contributed by atoms with Crippen LogP contribution in [-0.2, 0) is 28.8 Å². The Morgan fingerprint density at radius 3 is 1.98 bits per heavy atom. The molecule has 20 heteroatoms. The molecular weight excluding hydrogens is 710 g/mol. The minimum atomic E-state index is -1.38. The number of amides is 5. The summed E-state index contributed by atoms with van der Waals surface area (Å²) >= 11 is 0. The molecule has 0 aliphatic rings. The second-order valence-corrected chi connectivity index (χ2v) is 11.8. The van der Waals surface area contributed by atoms with E-state index in [0.717, 1.165) is 6.92 Å². The monoisotopic (exact) mass is 757 g/mol. The molecule has 54 heavy (non-hydrogen) atoms. The van der Waals surface area contributed by atoms with Crippen molar-refractivity contribution in [2.45, 2.75) is 71.0 Å². The van der Waals surface area contributed by atoms with Crippen LogP contribution in [0.4, 0.5) is 11.4 Å². The van der Waals surface area contributed by atoms with E-state index >= 15 is 0 Å². The van der Waals surface area contributed by atoms with Gasteiger partial charge in [-0.3, -0.25) is 48.7 Å². The third-order valence-electron chi connectivity index (χ3n) is 7.46. The van der Waals surface area contributed by atoms with Crippen LogP contribution in [0.15, 0.2) is 59.6 Å². The van der Waals surface area contributed by atoms with Crippen LogP contribution in [0, 0.1) is 16.0 Å². The van der Waals surface area contributed by atoms with Gasteiger partial charge >= 0.3 is 5.97 Å². The minimum absolute atomic E-state index is 0.0677. The number of nitrogens with two attached hydrogens (primary N) is 2. The minimum Gasteiger partial charge on any atom is -0.481 e. The van der Waals surface area contributed by atoms with E-state index in [2.05, 4.69) is 31.6 Å². The molecule has 0 spiro atoms.